The van der Waals surface area contributed by atoms with Gasteiger partial charge in [-0.2, -0.15) is 0 Å². The number of amides is 3. The molecule has 0 radical (unpaired) electrons. The zero-order valence-corrected chi connectivity index (χ0v) is 14.2. The van der Waals surface area contributed by atoms with Crippen molar-refractivity contribution in [2.75, 3.05) is 37.3 Å². The van der Waals surface area contributed by atoms with Crippen LogP contribution >= 0.6 is 12.4 Å². The Labute approximate surface area is 143 Å². The van der Waals surface area contributed by atoms with Crippen LogP contribution in [0, 0.1) is 0 Å². The van der Waals surface area contributed by atoms with Gasteiger partial charge in [0.25, 0.3) is 0 Å². The Morgan fingerprint density at radius 3 is 2.00 bits per heavy atom. The molecule has 1 aromatic carbocycles. The first-order valence-electron chi connectivity index (χ1n) is 7.79. The van der Waals surface area contributed by atoms with Crippen molar-refractivity contribution >= 4 is 35.7 Å². The molecule has 128 valence electrons. The summed E-state index contributed by atoms with van der Waals surface area (Å²) in [5.74, 6) is -0.0937. The average molecular weight is 341 g/mol. The van der Waals surface area contributed by atoms with E-state index in [4.69, 9.17) is 0 Å². The van der Waals surface area contributed by atoms with Gasteiger partial charge in [0.1, 0.15) is 0 Å². The van der Waals surface area contributed by atoms with E-state index in [9.17, 15) is 9.59 Å². The highest BCUT2D eigenvalue weighted by atomic mass is 35.5. The van der Waals surface area contributed by atoms with Crippen LogP contribution in [0.15, 0.2) is 24.3 Å². The van der Waals surface area contributed by atoms with Crippen LogP contribution in [0.5, 0.6) is 0 Å². The third-order valence-electron chi connectivity index (χ3n) is 3.65. The number of hydrogen-bond donors (Lipinski definition) is 3. The summed E-state index contributed by atoms with van der Waals surface area (Å²) in [6, 6.07) is 7.11. The van der Waals surface area contributed by atoms with Crippen molar-refractivity contribution in [2.45, 2.75) is 25.7 Å². The number of halogens is 1. The van der Waals surface area contributed by atoms with Crippen molar-refractivity contribution in [2.24, 2.45) is 0 Å². The van der Waals surface area contributed by atoms with E-state index < -0.39 is 0 Å². The SMILES string of the molecule is CNCC(=O)Nc1ccc(NC(=O)N2CCCCCC2)cc1.Cl. The van der Waals surface area contributed by atoms with E-state index in [1.54, 1.807) is 31.3 Å². The number of urea groups is 1. The van der Waals surface area contributed by atoms with E-state index in [1.165, 1.54) is 12.8 Å². The Hall–Kier alpha value is -1.79. The number of carbonyl (C=O) groups is 2. The highest BCUT2D eigenvalue weighted by molar-refractivity contribution is 5.93. The number of nitrogens with zero attached hydrogens (tertiary/aromatic N) is 1. The molecule has 1 saturated heterocycles. The molecule has 2 rings (SSSR count). The summed E-state index contributed by atoms with van der Waals surface area (Å²) in [7, 11) is 1.72. The summed E-state index contributed by atoms with van der Waals surface area (Å²) < 4.78 is 0. The molecule has 23 heavy (non-hydrogen) atoms. The van der Waals surface area contributed by atoms with Gasteiger partial charge in [0.05, 0.1) is 6.54 Å². The molecule has 0 aromatic heterocycles. The molecule has 3 amide bonds. The number of benzene rings is 1. The Morgan fingerprint density at radius 1 is 0.957 bits per heavy atom. The van der Waals surface area contributed by atoms with E-state index in [-0.39, 0.29) is 30.9 Å². The second-order valence-electron chi connectivity index (χ2n) is 5.49. The Morgan fingerprint density at radius 2 is 1.48 bits per heavy atom. The molecule has 1 heterocycles. The minimum atomic E-state index is -0.0937. The summed E-state index contributed by atoms with van der Waals surface area (Å²) in [5.41, 5.74) is 1.45. The zero-order valence-electron chi connectivity index (χ0n) is 13.4. The van der Waals surface area contributed by atoms with E-state index in [0.717, 1.165) is 31.6 Å². The molecule has 1 fully saturated rings. The fraction of sp³-hybridized carbons (Fsp3) is 0.500. The summed E-state index contributed by atoms with van der Waals surface area (Å²) >= 11 is 0. The minimum Gasteiger partial charge on any atom is -0.325 e. The Bertz CT molecular complexity index is 499. The summed E-state index contributed by atoms with van der Waals surface area (Å²) in [5, 5.41) is 8.47. The molecule has 0 bridgehead atoms. The van der Waals surface area contributed by atoms with Crippen molar-refractivity contribution in [3.05, 3.63) is 24.3 Å². The molecule has 0 spiro atoms. The predicted octanol–water partition coefficient (Wildman–Crippen LogP) is 2.67. The number of nitrogens with one attached hydrogen (secondary N) is 3. The van der Waals surface area contributed by atoms with E-state index in [1.807, 2.05) is 4.90 Å². The van der Waals surface area contributed by atoms with E-state index >= 15 is 0 Å². The molecule has 0 unspecified atom stereocenters. The molecule has 7 heteroatoms. The van der Waals surface area contributed by atoms with E-state index in [0.29, 0.717) is 5.69 Å². The zero-order chi connectivity index (χ0) is 15.8. The van der Waals surface area contributed by atoms with Crippen LogP contribution in [-0.4, -0.2) is 43.5 Å². The summed E-state index contributed by atoms with van der Waals surface area (Å²) in [6.07, 6.45) is 4.54. The lowest BCUT2D eigenvalue weighted by molar-refractivity contribution is -0.115. The maximum atomic E-state index is 12.2. The molecule has 1 aromatic rings. The van der Waals surface area contributed by atoms with Gasteiger partial charge in [-0.1, -0.05) is 12.8 Å². The van der Waals surface area contributed by atoms with Gasteiger partial charge in [-0.25, -0.2) is 4.79 Å². The Kier molecular flexibility index (Phi) is 8.43. The molecular formula is C16H25ClN4O2. The topological polar surface area (TPSA) is 73.5 Å². The second kappa shape index (κ2) is 10.1. The number of anilines is 2. The molecule has 1 aliphatic rings. The van der Waals surface area contributed by atoms with Gasteiger partial charge >= 0.3 is 6.03 Å². The van der Waals surface area contributed by atoms with Gasteiger partial charge in [-0.3, -0.25) is 4.79 Å². The molecular weight excluding hydrogens is 316 g/mol. The fourth-order valence-electron chi connectivity index (χ4n) is 2.48. The van der Waals surface area contributed by atoms with Crippen LogP contribution in [0.25, 0.3) is 0 Å². The summed E-state index contributed by atoms with van der Waals surface area (Å²) in [4.78, 5) is 25.5. The minimum absolute atomic E-state index is 0. The van der Waals surface area contributed by atoms with Gasteiger partial charge in [0.15, 0.2) is 0 Å². The fourth-order valence-corrected chi connectivity index (χ4v) is 2.48. The van der Waals surface area contributed by atoms with Crippen molar-refractivity contribution in [3.8, 4) is 0 Å². The van der Waals surface area contributed by atoms with Crippen molar-refractivity contribution in [1.82, 2.24) is 10.2 Å². The standard InChI is InChI=1S/C16H24N4O2.ClH/c1-17-12-15(21)18-13-6-8-14(9-7-13)19-16(22)20-10-4-2-3-5-11-20;/h6-9,17H,2-5,10-12H2,1H3,(H,18,21)(H,19,22);1H. The maximum Gasteiger partial charge on any atom is 0.321 e. The smallest absolute Gasteiger partial charge is 0.321 e. The van der Waals surface area contributed by atoms with Gasteiger partial charge < -0.3 is 20.9 Å². The summed E-state index contributed by atoms with van der Waals surface area (Å²) in [6.45, 7) is 1.92. The largest absolute Gasteiger partial charge is 0.325 e. The van der Waals surface area contributed by atoms with Crippen molar-refractivity contribution < 1.29 is 9.59 Å². The Balaban J connectivity index is 0.00000264. The third kappa shape index (κ3) is 6.46. The molecule has 0 atom stereocenters. The lowest BCUT2D eigenvalue weighted by atomic mass is 10.2. The number of carbonyl (C=O) groups excluding carboxylic acids is 2. The lowest BCUT2D eigenvalue weighted by Gasteiger charge is -2.20. The first-order chi connectivity index (χ1) is 10.7. The second-order valence-corrected chi connectivity index (χ2v) is 5.49. The molecule has 3 N–H and O–H groups in total. The monoisotopic (exact) mass is 340 g/mol. The van der Waals surface area contributed by atoms with Crippen molar-refractivity contribution in [1.29, 1.82) is 0 Å². The third-order valence-corrected chi connectivity index (χ3v) is 3.65. The van der Waals surface area contributed by atoms with Crippen LogP contribution in [-0.2, 0) is 4.79 Å². The number of likely N-dealkylation sites (N-methyl/N-ethyl adjacent to an activating group) is 1. The van der Waals surface area contributed by atoms with Gasteiger partial charge in [0.2, 0.25) is 5.91 Å². The maximum absolute atomic E-state index is 12.2. The van der Waals surface area contributed by atoms with Crippen LogP contribution in [0.1, 0.15) is 25.7 Å². The molecule has 1 aliphatic heterocycles. The first kappa shape index (κ1) is 19.3. The van der Waals surface area contributed by atoms with Gasteiger partial charge in [-0.15, -0.1) is 12.4 Å². The molecule has 6 nitrogen and oxygen atoms in total. The predicted molar refractivity (Wildman–Crippen MR) is 95.3 cm³/mol. The van der Waals surface area contributed by atoms with Crippen LogP contribution in [0.4, 0.5) is 16.2 Å². The van der Waals surface area contributed by atoms with Crippen LogP contribution in [0.3, 0.4) is 0 Å². The van der Waals surface area contributed by atoms with Gasteiger partial charge in [-0.05, 0) is 44.2 Å². The lowest BCUT2D eigenvalue weighted by Crippen LogP contribution is -2.35. The highest BCUT2D eigenvalue weighted by Gasteiger charge is 2.15. The molecule has 0 aliphatic carbocycles. The van der Waals surface area contributed by atoms with Crippen molar-refractivity contribution in [3.63, 3.8) is 0 Å². The highest BCUT2D eigenvalue weighted by Crippen LogP contribution is 2.15. The van der Waals surface area contributed by atoms with E-state index in [2.05, 4.69) is 16.0 Å². The number of likely N-dealkylation sites (tertiary alicyclic amines) is 1. The first-order valence-corrected chi connectivity index (χ1v) is 7.79. The molecule has 0 saturated carbocycles. The van der Waals surface area contributed by atoms with Crippen LogP contribution < -0.4 is 16.0 Å². The quantitative estimate of drug-likeness (QED) is 0.789. The van der Waals surface area contributed by atoms with Gasteiger partial charge in [0, 0.05) is 24.5 Å². The average Bonchev–Trinajstić information content (AvgIpc) is 2.78. The number of hydrogen-bond acceptors (Lipinski definition) is 3. The normalized spacial score (nSPS) is 14.4. The van der Waals surface area contributed by atoms with Crippen LogP contribution in [0.2, 0.25) is 0 Å². The number of rotatable bonds is 4.